The third kappa shape index (κ3) is 4.13. The Kier molecular flexibility index (Phi) is 5.48. The topological polar surface area (TPSA) is 88.3 Å². The third-order valence-corrected chi connectivity index (χ3v) is 4.47. The van der Waals surface area contributed by atoms with Crippen LogP contribution in [0.15, 0.2) is 53.3 Å². The molecule has 0 saturated carbocycles. The number of carbonyl (C=O) groups excluding carboxylic acids is 2. The van der Waals surface area contributed by atoms with Gasteiger partial charge < -0.3 is 15.0 Å². The summed E-state index contributed by atoms with van der Waals surface area (Å²) in [5, 5.41) is 4.08. The molecule has 0 radical (unpaired) electrons. The summed E-state index contributed by atoms with van der Waals surface area (Å²) in [5.41, 5.74) is -0.234. The van der Waals surface area contributed by atoms with Gasteiger partial charge in [-0.05, 0) is 36.6 Å². The minimum atomic E-state index is -1.14. The van der Waals surface area contributed by atoms with E-state index in [1.165, 1.54) is 13.0 Å². The number of para-hydroxylation sites is 1. The lowest BCUT2D eigenvalue weighted by molar-refractivity contribution is -0.123. The van der Waals surface area contributed by atoms with Gasteiger partial charge in [0.25, 0.3) is 11.5 Å². The van der Waals surface area contributed by atoms with Gasteiger partial charge in [-0.3, -0.25) is 9.59 Å². The van der Waals surface area contributed by atoms with E-state index in [2.05, 4.69) is 10.3 Å². The summed E-state index contributed by atoms with van der Waals surface area (Å²) < 4.78 is 5.15. The molecule has 27 heavy (non-hydrogen) atoms. The molecule has 0 spiro atoms. The Morgan fingerprint density at radius 1 is 1.07 bits per heavy atom. The van der Waals surface area contributed by atoms with Gasteiger partial charge in [0, 0.05) is 5.39 Å². The molecule has 8 heteroatoms. The zero-order chi connectivity index (χ0) is 19.6. The second kappa shape index (κ2) is 7.82. The number of ether oxygens (including phenoxy) is 1. The smallest absolute Gasteiger partial charge is 0.355 e. The van der Waals surface area contributed by atoms with Crippen molar-refractivity contribution < 1.29 is 14.3 Å². The number of hydrogen-bond donors (Lipinski definition) is 2. The molecule has 0 aliphatic rings. The van der Waals surface area contributed by atoms with Gasteiger partial charge in [0.1, 0.15) is 5.69 Å². The molecule has 0 fully saturated rings. The Bertz CT molecular complexity index is 1070. The quantitative estimate of drug-likeness (QED) is 0.642. The van der Waals surface area contributed by atoms with Crippen molar-refractivity contribution >= 4 is 51.5 Å². The fourth-order valence-corrected chi connectivity index (χ4v) is 2.93. The number of H-pyrrole nitrogens is 1. The molecule has 0 aliphatic carbocycles. The van der Waals surface area contributed by atoms with Crippen LogP contribution in [-0.4, -0.2) is 23.0 Å². The maximum Gasteiger partial charge on any atom is 0.355 e. The van der Waals surface area contributed by atoms with Crippen LogP contribution in [0, 0.1) is 0 Å². The van der Waals surface area contributed by atoms with Gasteiger partial charge in [-0.25, -0.2) is 4.79 Å². The number of carbonyl (C=O) groups is 2. The van der Waals surface area contributed by atoms with E-state index in [-0.39, 0.29) is 21.4 Å². The molecule has 0 unspecified atom stereocenters. The Balaban J connectivity index is 1.75. The number of amides is 1. The largest absolute Gasteiger partial charge is 0.448 e. The monoisotopic (exact) mass is 404 g/mol. The van der Waals surface area contributed by atoms with E-state index in [1.54, 1.807) is 42.5 Å². The highest BCUT2D eigenvalue weighted by molar-refractivity contribution is 6.39. The zero-order valence-corrected chi connectivity index (χ0v) is 15.6. The van der Waals surface area contributed by atoms with Gasteiger partial charge in [-0.1, -0.05) is 47.5 Å². The molecule has 3 rings (SSSR count). The van der Waals surface area contributed by atoms with Crippen molar-refractivity contribution in [3.8, 4) is 0 Å². The van der Waals surface area contributed by atoms with E-state index in [4.69, 9.17) is 27.9 Å². The Hall–Kier alpha value is -2.83. The number of halogens is 2. The summed E-state index contributed by atoms with van der Waals surface area (Å²) in [5.74, 6) is -1.44. The standard InChI is InChI=1S/C19H14Cl2N2O4/c1-10(17(24)23-16-13(20)7-4-8-14(16)21)27-19(26)15-9-11-5-2-3-6-12(11)18(25)22-15/h2-10H,1H3,(H,22,25)(H,23,24)/t10-/m0/s1. The van der Waals surface area contributed by atoms with Crippen molar-refractivity contribution in [2.45, 2.75) is 13.0 Å². The number of fused-ring (bicyclic) bond motifs is 1. The maximum absolute atomic E-state index is 12.3. The van der Waals surface area contributed by atoms with Crippen LogP contribution in [0.5, 0.6) is 0 Å². The maximum atomic E-state index is 12.3. The zero-order valence-electron chi connectivity index (χ0n) is 14.1. The number of aromatic nitrogens is 1. The first kappa shape index (κ1) is 18.9. The molecule has 2 N–H and O–H groups in total. The van der Waals surface area contributed by atoms with E-state index in [1.807, 2.05) is 0 Å². The van der Waals surface area contributed by atoms with Crippen LogP contribution in [0.4, 0.5) is 5.69 Å². The first-order chi connectivity index (χ1) is 12.9. The summed E-state index contributed by atoms with van der Waals surface area (Å²) in [6.45, 7) is 1.40. The SMILES string of the molecule is C[C@H](OC(=O)c1cc2ccccc2c(=O)[nH]1)C(=O)Nc1c(Cl)cccc1Cl. The lowest BCUT2D eigenvalue weighted by atomic mass is 10.1. The van der Waals surface area contributed by atoms with Crippen LogP contribution in [0.3, 0.4) is 0 Å². The van der Waals surface area contributed by atoms with E-state index in [9.17, 15) is 14.4 Å². The number of esters is 1. The molecule has 2 aromatic carbocycles. The van der Waals surface area contributed by atoms with E-state index in [0.717, 1.165) is 0 Å². The van der Waals surface area contributed by atoms with E-state index >= 15 is 0 Å². The Morgan fingerprint density at radius 3 is 2.44 bits per heavy atom. The molecule has 1 heterocycles. The molecule has 6 nitrogen and oxygen atoms in total. The van der Waals surface area contributed by atoms with Crippen LogP contribution in [-0.2, 0) is 9.53 Å². The molecule has 138 valence electrons. The molecule has 3 aromatic rings. The molecule has 0 bridgehead atoms. The van der Waals surface area contributed by atoms with Crippen LogP contribution in [0.25, 0.3) is 10.8 Å². The molecule has 1 amide bonds. The van der Waals surface area contributed by atoms with Crippen LogP contribution in [0.2, 0.25) is 10.0 Å². The van der Waals surface area contributed by atoms with E-state index < -0.39 is 23.5 Å². The van der Waals surface area contributed by atoms with Crippen molar-refractivity contribution in [1.29, 1.82) is 0 Å². The lowest BCUT2D eigenvalue weighted by Crippen LogP contribution is -2.31. The molecule has 0 saturated heterocycles. The molecule has 1 atom stereocenters. The van der Waals surface area contributed by atoms with Crippen molar-refractivity contribution in [3.63, 3.8) is 0 Å². The van der Waals surface area contributed by atoms with Gasteiger partial charge in [0.2, 0.25) is 0 Å². The fraction of sp³-hybridized carbons (Fsp3) is 0.105. The number of benzene rings is 2. The Morgan fingerprint density at radius 2 is 1.74 bits per heavy atom. The summed E-state index contributed by atoms with van der Waals surface area (Å²) in [6.07, 6.45) is -1.14. The molecular formula is C19H14Cl2N2O4. The van der Waals surface area contributed by atoms with Crippen LogP contribution in [0.1, 0.15) is 17.4 Å². The summed E-state index contributed by atoms with van der Waals surface area (Å²) in [4.78, 5) is 39.1. The lowest BCUT2D eigenvalue weighted by Gasteiger charge is -2.15. The average Bonchev–Trinajstić information content (AvgIpc) is 2.64. The predicted octanol–water partition coefficient (Wildman–Crippen LogP) is 4.02. The van der Waals surface area contributed by atoms with Gasteiger partial charge in [0.15, 0.2) is 6.10 Å². The van der Waals surface area contributed by atoms with Crippen molar-refractivity contribution in [2.24, 2.45) is 0 Å². The normalized spacial score (nSPS) is 11.8. The van der Waals surface area contributed by atoms with Gasteiger partial charge in [-0.2, -0.15) is 0 Å². The first-order valence-electron chi connectivity index (χ1n) is 7.94. The van der Waals surface area contributed by atoms with E-state index in [0.29, 0.717) is 10.8 Å². The summed E-state index contributed by atoms with van der Waals surface area (Å²) in [6, 6.07) is 13.1. The Labute approximate surface area is 164 Å². The van der Waals surface area contributed by atoms with Crippen molar-refractivity contribution in [3.05, 3.63) is 74.6 Å². The first-order valence-corrected chi connectivity index (χ1v) is 8.70. The van der Waals surface area contributed by atoms with Crippen LogP contribution >= 0.6 is 23.2 Å². The predicted molar refractivity (Wildman–Crippen MR) is 105 cm³/mol. The second-order valence-electron chi connectivity index (χ2n) is 5.73. The van der Waals surface area contributed by atoms with Gasteiger partial charge in [-0.15, -0.1) is 0 Å². The third-order valence-electron chi connectivity index (χ3n) is 3.84. The van der Waals surface area contributed by atoms with Crippen molar-refractivity contribution in [2.75, 3.05) is 5.32 Å². The minimum Gasteiger partial charge on any atom is -0.448 e. The highest BCUT2D eigenvalue weighted by atomic mass is 35.5. The number of nitrogens with one attached hydrogen (secondary N) is 2. The summed E-state index contributed by atoms with van der Waals surface area (Å²) in [7, 11) is 0. The number of anilines is 1. The number of pyridine rings is 1. The summed E-state index contributed by atoms with van der Waals surface area (Å²) >= 11 is 12.0. The fourth-order valence-electron chi connectivity index (χ4n) is 2.44. The van der Waals surface area contributed by atoms with Gasteiger partial charge in [0.05, 0.1) is 15.7 Å². The minimum absolute atomic E-state index is 0.0471. The highest BCUT2D eigenvalue weighted by Crippen LogP contribution is 2.30. The number of hydrogen-bond acceptors (Lipinski definition) is 4. The average molecular weight is 405 g/mol. The second-order valence-corrected chi connectivity index (χ2v) is 6.55. The van der Waals surface area contributed by atoms with Gasteiger partial charge >= 0.3 is 5.97 Å². The van der Waals surface area contributed by atoms with Crippen LogP contribution < -0.4 is 10.9 Å². The number of aromatic amines is 1. The van der Waals surface area contributed by atoms with Crippen molar-refractivity contribution in [1.82, 2.24) is 4.98 Å². The molecule has 1 aromatic heterocycles. The molecular weight excluding hydrogens is 391 g/mol. The number of rotatable bonds is 4. The molecule has 0 aliphatic heterocycles. The highest BCUT2D eigenvalue weighted by Gasteiger charge is 2.21.